The first-order valence-electron chi connectivity index (χ1n) is 4.48. The molecule has 1 aromatic carbocycles. The highest BCUT2D eigenvalue weighted by molar-refractivity contribution is 6.30. The molecule has 14 heavy (non-hydrogen) atoms. The summed E-state index contributed by atoms with van der Waals surface area (Å²) in [5.41, 5.74) is 1.82. The van der Waals surface area contributed by atoms with Crippen LogP contribution in [0.4, 0.5) is 0 Å². The molecule has 0 saturated carbocycles. The first-order chi connectivity index (χ1) is 6.81. The second-order valence-electron chi connectivity index (χ2n) is 3.18. The summed E-state index contributed by atoms with van der Waals surface area (Å²) in [5, 5.41) is 9.81. The van der Waals surface area contributed by atoms with E-state index < -0.39 is 0 Å². The Bertz CT molecular complexity index is 360. The maximum atomic E-state index is 9.15. The van der Waals surface area contributed by atoms with E-state index in [1.165, 1.54) is 0 Å². The molecule has 1 N–H and O–H groups in total. The number of ether oxygens (including phenoxy) is 1. The average molecular weight is 211 g/mol. The monoisotopic (exact) mass is 210 g/mol. The highest BCUT2D eigenvalue weighted by atomic mass is 35.5. The summed E-state index contributed by atoms with van der Waals surface area (Å²) in [4.78, 5) is 0. The third-order valence-electron chi connectivity index (χ3n) is 2.27. The van der Waals surface area contributed by atoms with Crippen LogP contribution in [0.1, 0.15) is 17.2 Å². The minimum Gasteiger partial charge on any atom is -0.392 e. The Hall–Kier alpha value is -0.830. The van der Waals surface area contributed by atoms with Crippen LogP contribution in [0.5, 0.6) is 0 Å². The van der Waals surface area contributed by atoms with E-state index in [0.717, 1.165) is 11.1 Å². The molecule has 1 heterocycles. The smallest absolute Gasteiger partial charge is 0.102 e. The number of halogens is 1. The molecule has 0 aromatic heterocycles. The fourth-order valence-corrected chi connectivity index (χ4v) is 1.74. The zero-order chi connectivity index (χ0) is 9.97. The molecule has 2 rings (SSSR count). The molecular formula is C11H11ClO2. The summed E-state index contributed by atoms with van der Waals surface area (Å²) in [6.45, 7) is 0.641. The summed E-state index contributed by atoms with van der Waals surface area (Å²) in [6, 6.07) is 5.44. The second-order valence-corrected chi connectivity index (χ2v) is 3.62. The second kappa shape index (κ2) is 4.13. The maximum absolute atomic E-state index is 9.15. The van der Waals surface area contributed by atoms with E-state index in [4.69, 9.17) is 21.4 Å². The van der Waals surface area contributed by atoms with Crippen molar-refractivity contribution in [3.8, 4) is 0 Å². The highest BCUT2D eigenvalue weighted by Crippen LogP contribution is 2.28. The van der Waals surface area contributed by atoms with Crippen LogP contribution in [0.3, 0.4) is 0 Å². The van der Waals surface area contributed by atoms with Gasteiger partial charge in [0.1, 0.15) is 6.10 Å². The number of hydrogen-bond acceptors (Lipinski definition) is 2. The van der Waals surface area contributed by atoms with Gasteiger partial charge in [-0.05, 0) is 23.3 Å². The molecular weight excluding hydrogens is 200 g/mol. The lowest BCUT2D eigenvalue weighted by molar-refractivity contribution is 0.127. The van der Waals surface area contributed by atoms with Crippen LogP contribution in [-0.2, 0) is 11.3 Å². The Labute approximate surface area is 87.8 Å². The van der Waals surface area contributed by atoms with Gasteiger partial charge in [0.05, 0.1) is 13.2 Å². The molecule has 74 valence electrons. The van der Waals surface area contributed by atoms with Gasteiger partial charge in [0.2, 0.25) is 0 Å². The summed E-state index contributed by atoms with van der Waals surface area (Å²) in [6.07, 6.45) is 3.88. The van der Waals surface area contributed by atoms with Gasteiger partial charge in [-0.1, -0.05) is 29.8 Å². The van der Waals surface area contributed by atoms with Crippen molar-refractivity contribution in [3.05, 3.63) is 46.5 Å². The minimum atomic E-state index is -0.0594. The molecule has 0 saturated heterocycles. The number of rotatable bonds is 2. The van der Waals surface area contributed by atoms with E-state index in [0.29, 0.717) is 11.6 Å². The van der Waals surface area contributed by atoms with Gasteiger partial charge in [0.15, 0.2) is 0 Å². The molecule has 0 amide bonds. The molecule has 0 fully saturated rings. The SMILES string of the molecule is OCc1ccc(Cl)cc1C1C=CCO1. The van der Waals surface area contributed by atoms with E-state index in [9.17, 15) is 0 Å². The lowest BCUT2D eigenvalue weighted by atomic mass is 10.0. The summed E-state index contributed by atoms with van der Waals surface area (Å²) in [5.74, 6) is 0. The van der Waals surface area contributed by atoms with Crippen LogP contribution < -0.4 is 0 Å². The van der Waals surface area contributed by atoms with Crippen molar-refractivity contribution in [2.75, 3.05) is 6.61 Å². The average Bonchev–Trinajstić information content (AvgIpc) is 2.70. The first kappa shape index (κ1) is 9.71. The summed E-state index contributed by atoms with van der Waals surface area (Å²) in [7, 11) is 0. The van der Waals surface area contributed by atoms with Gasteiger partial charge in [-0.25, -0.2) is 0 Å². The van der Waals surface area contributed by atoms with Gasteiger partial charge in [-0.2, -0.15) is 0 Å². The quantitative estimate of drug-likeness (QED) is 0.760. The van der Waals surface area contributed by atoms with Crippen LogP contribution in [0.15, 0.2) is 30.4 Å². The van der Waals surface area contributed by atoms with Crippen molar-refractivity contribution in [1.29, 1.82) is 0 Å². The maximum Gasteiger partial charge on any atom is 0.102 e. The fraction of sp³-hybridized carbons (Fsp3) is 0.273. The highest BCUT2D eigenvalue weighted by Gasteiger charge is 2.15. The first-order valence-corrected chi connectivity index (χ1v) is 4.86. The van der Waals surface area contributed by atoms with Crippen molar-refractivity contribution < 1.29 is 9.84 Å². The van der Waals surface area contributed by atoms with Crippen molar-refractivity contribution >= 4 is 11.6 Å². The van der Waals surface area contributed by atoms with Gasteiger partial charge in [-0.15, -0.1) is 0 Å². The van der Waals surface area contributed by atoms with Crippen molar-refractivity contribution in [2.24, 2.45) is 0 Å². The summed E-state index contributed by atoms with van der Waals surface area (Å²) < 4.78 is 5.46. The molecule has 2 nitrogen and oxygen atoms in total. The van der Waals surface area contributed by atoms with Crippen LogP contribution in [0.2, 0.25) is 5.02 Å². The Morgan fingerprint density at radius 1 is 1.50 bits per heavy atom. The molecule has 1 aromatic rings. The fourth-order valence-electron chi connectivity index (χ4n) is 1.56. The van der Waals surface area contributed by atoms with E-state index >= 15 is 0 Å². The lowest BCUT2D eigenvalue weighted by Gasteiger charge is -2.13. The molecule has 0 radical (unpaired) electrons. The Morgan fingerprint density at radius 3 is 3.00 bits per heavy atom. The Kier molecular flexibility index (Phi) is 2.87. The zero-order valence-corrected chi connectivity index (χ0v) is 8.37. The Balaban J connectivity index is 2.38. The number of hydrogen-bond donors (Lipinski definition) is 1. The van der Waals surface area contributed by atoms with Crippen LogP contribution in [0.25, 0.3) is 0 Å². The van der Waals surface area contributed by atoms with Gasteiger partial charge >= 0.3 is 0 Å². The molecule has 3 heteroatoms. The van der Waals surface area contributed by atoms with E-state index in [-0.39, 0.29) is 12.7 Å². The normalized spacial score (nSPS) is 20.3. The largest absolute Gasteiger partial charge is 0.392 e. The van der Waals surface area contributed by atoms with E-state index in [1.807, 2.05) is 24.3 Å². The molecule has 1 aliphatic heterocycles. The molecule has 1 atom stereocenters. The van der Waals surface area contributed by atoms with E-state index in [1.54, 1.807) is 6.07 Å². The third-order valence-corrected chi connectivity index (χ3v) is 2.50. The zero-order valence-electron chi connectivity index (χ0n) is 7.61. The predicted molar refractivity (Wildman–Crippen MR) is 55.2 cm³/mol. The van der Waals surface area contributed by atoms with Crippen LogP contribution in [-0.4, -0.2) is 11.7 Å². The Morgan fingerprint density at radius 2 is 2.36 bits per heavy atom. The third kappa shape index (κ3) is 1.82. The van der Waals surface area contributed by atoms with Crippen molar-refractivity contribution in [3.63, 3.8) is 0 Å². The molecule has 0 aliphatic carbocycles. The summed E-state index contributed by atoms with van der Waals surface area (Å²) >= 11 is 5.89. The number of aliphatic hydroxyl groups is 1. The van der Waals surface area contributed by atoms with Crippen molar-refractivity contribution in [1.82, 2.24) is 0 Å². The van der Waals surface area contributed by atoms with Crippen molar-refractivity contribution in [2.45, 2.75) is 12.7 Å². The standard InChI is InChI=1S/C11H11ClO2/c12-9-4-3-8(7-13)10(6-9)11-2-1-5-14-11/h1-4,6,11,13H,5,7H2. The minimum absolute atomic E-state index is 0.0141. The van der Waals surface area contributed by atoms with Gasteiger partial charge in [0, 0.05) is 5.02 Å². The van der Waals surface area contributed by atoms with Crippen LogP contribution >= 0.6 is 11.6 Å². The molecule has 1 unspecified atom stereocenters. The number of aliphatic hydroxyl groups excluding tert-OH is 1. The van der Waals surface area contributed by atoms with Gasteiger partial charge in [-0.3, -0.25) is 0 Å². The van der Waals surface area contributed by atoms with Gasteiger partial charge < -0.3 is 9.84 Å². The lowest BCUT2D eigenvalue weighted by Crippen LogP contribution is -2.01. The number of benzene rings is 1. The predicted octanol–water partition coefficient (Wildman–Crippen LogP) is 2.46. The topological polar surface area (TPSA) is 29.5 Å². The molecule has 0 bridgehead atoms. The van der Waals surface area contributed by atoms with Crippen LogP contribution in [0, 0.1) is 0 Å². The van der Waals surface area contributed by atoms with E-state index in [2.05, 4.69) is 0 Å². The van der Waals surface area contributed by atoms with Gasteiger partial charge in [0.25, 0.3) is 0 Å². The molecule has 1 aliphatic rings. The molecule has 0 spiro atoms.